The van der Waals surface area contributed by atoms with Gasteiger partial charge in [-0.05, 0) is 66.1 Å². The maximum atomic E-state index is 2.58. The predicted octanol–water partition coefficient (Wildman–Crippen LogP) is 8.52. The maximum Gasteiger partial charge on any atom is -0.0144 e. The van der Waals surface area contributed by atoms with Gasteiger partial charge < -0.3 is 0 Å². The molecule has 152 valence electrons. The first-order chi connectivity index (χ1) is 12.3. The van der Waals surface area contributed by atoms with Crippen LogP contribution in [0.3, 0.4) is 0 Å². The average Bonchev–Trinajstić information content (AvgIpc) is 3.49. The minimum Gasteiger partial charge on any atom is -0.0849 e. The van der Waals surface area contributed by atoms with Gasteiger partial charge in [-0.25, -0.2) is 0 Å². The fourth-order valence-corrected chi connectivity index (χ4v) is 5.43. The number of allylic oxidation sites excluding steroid dienone is 2. The molecule has 2 aliphatic rings. The Morgan fingerprint density at radius 2 is 1.69 bits per heavy atom. The van der Waals surface area contributed by atoms with Gasteiger partial charge in [0.2, 0.25) is 0 Å². The van der Waals surface area contributed by atoms with Crippen molar-refractivity contribution in [2.75, 3.05) is 0 Å². The molecule has 0 aromatic rings. The number of rotatable bonds is 13. The molecule has 0 amide bonds. The molecule has 0 nitrogen and oxygen atoms in total. The Morgan fingerprint density at radius 1 is 0.962 bits per heavy atom. The third-order valence-corrected chi connectivity index (χ3v) is 7.91. The van der Waals surface area contributed by atoms with Crippen LogP contribution < -0.4 is 0 Å². The molecule has 2 fully saturated rings. The number of hydrogen-bond donors (Lipinski definition) is 0. The van der Waals surface area contributed by atoms with Crippen LogP contribution in [-0.4, -0.2) is 0 Å². The largest absolute Gasteiger partial charge is 0.0849 e. The van der Waals surface area contributed by atoms with E-state index in [0.717, 1.165) is 41.4 Å². The molecule has 7 atom stereocenters. The van der Waals surface area contributed by atoms with Crippen molar-refractivity contribution in [1.29, 1.82) is 0 Å². The molecule has 0 heterocycles. The summed E-state index contributed by atoms with van der Waals surface area (Å²) < 4.78 is 0. The minimum absolute atomic E-state index is 0.397. The topological polar surface area (TPSA) is 0 Å². The van der Waals surface area contributed by atoms with Crippen molar-refractivity contribution in [3.05, 3.63) is 12.2 Å². The second-order valence-electron chi connectivity index (χ2n) is 10.8. The van der Waals surface area contributed by atoms with Gasteiger partial charge in [-0.2, -0.15) is 0 Å². The van der Waals surface area contributed by atoms with Crippen LogP contribution in [0.25, 0.3) is 0 Å². The van der Waals surface area contributed by atoms with Crippen LogP contribution >= 0.6 is 0 Å². The van der Waals surface area contributed by atoms with Gasteiger partial charge in [0, 0.05) is 0 Å². The number of unbranched alkanes of at least 4 members (excludes halogenated alkanes) is 2. The summed E-state index contributed by atoms with van der Waals surface area (Å²) in [6, 6.07) is 0. The first-order valence-electron chi connectivity index (χ1n) is 12.0. The van der Waals surface area contributed by atoms with E-state index in [1.807, 2.05) is 0 Å². The third-order valence-electron chi connectivity index (χ3n) is 7.91. The Hall–Kier alpha value is -0.260. The van der Waals surface area contributed by atoms with Gasteiger partial charge in [-0.1, -0.05) is 99.1 Å². The molecule has 2 aliphatic carbocycles. The third kappa shape index (κ3) is 6.42. The van der Waals surface area contributed by atoms with Crippen LogP contribution in [0.2, 0.25) is 0 Å². The Labute approximate surface area is 165 Å². The summed E-state index contributed by atoms with van der Waals surface area (Å²) >= 11 is 0. The fraction of sp³-hybridized carbons (Fsp3) is 0.923. The molecule has 0 aliphatic heterocycles. The Kier molecular flexibility index (Phi) is 8.30. The highest BCUT2D eigenvalue weighted by Gasteiger charge is 2.49. The molecule has 0 bridgehead atoms. The molecule has 0 aromatic carbocycles. The highest BCUT2D eigenvalue weighted by molar-refractivity contribution is 5.08. The smallest absolute Gasteiger partial charge is 0.0144 e. The predicted molar refractivity (Wildman–Crippen MR) is 117 cm³/mol. The van der Waals surface area contributed by atoms with Crippen molar-refractivity contribution in [1.82, 2.24) is 0 Å². The van der Waals surface area contributed by atoms with E-state index in [9.17, 15) is 0 Å². The van der Waals surface area contributed by atoms with E-state index in [2.05, 4.69) is 60.6 Å². The molecule has 0 saturated heterocycles. The molecule has 2 rings (SSSR count). The van der Waals surface area contributed by atoms with Gasteiger partial charge in [0.15, 0.2) is 0 Å². The highest BCUT2D eigenvalue weighted by Crippen LogP contribution is 2.57. The zero-order chi connectivity index (χ0) is 19.3. The monoisotopic (exact) mass is 360 g/mol. The van der Waals surface area contributed by atoms with Crippen molar-refractivity contribution < 1.29 is 0 Å². The van der Waals surface area contributed by atoms with Gasteiger partial charge in [0.05, 0.1) is 0 Å². The molecule has 0 aromatic heterocycles. The quantitative estimate of drug-likeness (QED) is 0.228. The summed E-state index contributed by atoms with van der Waals surface area (Å²) in [5.74, 6) is 6.61. The molecule has 0 spiro atoms. The van der Waals surface area contributed by atoms with Crippen LogP contribution in [0.15, 0.2) is 12.2 Å². The second kappa shape index (κ2) is 9.79. The standard InChI is InChI=1S/C26H48/c1-8-10-11-13-19(3)20(4)14-15-26(6,7)25-18-23(25)16-21(5)24-17-22(24)12-9-2/h14-15,19-25H,8-13,16-18H2,1-7H3. The summed E-state index contributed by atoms with van der Waals surface area (Å²) in [6.07, 6.45) is 18.0. The normalized spacial score (nSPS) is 31.8. The van der Waals surface area contributed by atoms with Gasteiger partial charge in [-0.3, -0.25) is 0 Å². The van der Waals surface area contributed by atoms with Gasteiger partial charge >= 0.3 is 0 Å². The fourth-order valence-electron chi connectivity index (χ4n) is 5.43. The molecular formula is C26H48. The van der Waals surface area contributed by atoms with E-state index in [0.29, 0.717) is 5.41 Å². The second-order valence-corrected chi connectivity index (χ2v) is 10.8. The highest BCUT2D eigenvalue weighted by atomic mass is 14.5. The van der Waals surface area contributed by atoms with Crippen LogP contribution in [0, 0.1) is 46.8 Å². The van der Waals surface area contributed by atoms with Crippen LogP contribution in [-0.2, 0) is 0 Å². The van der Waals surface area contributed by atoms with Crippen LogP contribution in [0.4, 0.5) is 0 Å². The Balaban J connectivity index is 1.73. The molecule has 2 saturated carbocycles. The van der Waals surface area contributed by atoms with E-state index in [1.54, 1.807) is 0 Å². The van der Waals surface area contributed by atoms with Gasteiger partial charge in [0.1, 0.15) is 0 Å². The average molecular weight is 361 g/mol. The van der Waals surface area contributed by atoms with Gasteiger partial charge in [-0.15, -0.1) is 0 Å². The van der Waals surface area contributed by atoms with Crippen molar-refractivity contribution in [3.63, 3.8) is 0 Å². The molecule has 0 N–H and O–H groups in total. The zero-order valence-electron chi connectivity index (χ0n) is 19.1. The first kappa shape index (κ1) is 22.0. The zero-order valence-corrected chi connectivity index (χ0v) is 19.1. The van der Waals surface area contributed by atoms with Crippen molar-refractivity contribution in [3.8, 4) is 0 Å². The summed E-state index contributed by atoms with van der Waals surface area (Å²) in [5.41, 5.74) is 0.397. The molecule has 26 heavy (non-hydrogen) atoms. The van der Waals surface area contributed by atoms with Crippen LogP contribution in [0.5, 0.6) is 0 Å². The van der Waals surface area contributed by atoms with Crippen molar-refractivity contribution >= 4 is 0 Å². The summed E-state index contributed by atoms with van der Waals surface area (Å²) in [5, 5.41) is 0. The number of hydrogen-bond acceptors (Lipinski definition) is 0. The van der Waals surface area contributed by atoms with Crippen molar-refractivity contribution in [2.24, 2.45) is 46.8 Å². The SMILES string of the molecule is CCCCCC(C)C(C)C=CC(C)(C)C1CC1CC(C)C1CC1CCC. The minimum atomic E-state index is 0.397. The van der Waals surface area contributed by atoms with E-state index in [-0.39, 0.29) is 0 Å². The van der Waals surface area contributed by atoms with Crippen LogP contribution in [0.1, 0.15) is 106 Å². The van der Waals surface area contributed by atoms with E-state index in [4.69, 9.17) is 0 Å². The molecule has 0 heteroatoms. The summed E-state index contributed by atoms with van der Waals surface area (Å²) in [7, 11) is 0. The van der Waals surface area contributed by atoms with E-state index in [1.165, 1.54) is 57.8 Å². The lowest BCUT2D eigenvalue weighted by molar-refractivity contribution is 0.336. The summed E-state index contributed by atoms with van der Waals surface area (Å²) in [4.78, 5) is 0. The van der Waals surface area contributed by atoms with E-state index >= 15 is 0 Å². The lowest BCUT2D eigenvalue weighted by Gasteiger charge is -2.24. The Morgan fingerprint density at radius 3 is 2.35 bits per heavy atom. The maximum absolute atomic E-state index is 2.58. The first-order valence-corrected chi connectivity index (χ1v) is 12.0. The van der Waals surface area contributed by atoms with Gasteiger partial charge in [0.25, 0.3) is 0 Å². The molecule has 0 radical (unpaired) electrons. The van der Waals surface area contributed by atoms with Crippen molar-refractivity contribution in [2.45, 2.75) is 106 Å². The molecule has 7 unspecified atom stereocenters. The molecular weight excluding hydrogens is 312 g/mol. The lowest BCUT2D eigenvalue weighted by Crippen LogP contribution is -2.14. The van der Waals surface area contributed by atoms with E-state index < -0.39 is 0 Å². The summed E-state index contributed by atoms with van der Waals surface area (Å²) in [6.45, 7) is 17.0. The lowest BCUT2D eigenvalue weighted by atomic mass is 9.81. The Bertz CT molecular complexity index is 431.